The van der Waals surface area contributed by atoms with Gasteiger partial charge in [-0.2, -0.15) is 0 Å². The lowest BCUT2D eigenvalue weighted by Crippen LogP contribution is -1.94. The van der Waals surface area contributed by atoms with Gasteiger partial charge in [-0.1, -0.05) is 158 Å². The molecule has 0 amide bonds. The van der Waals surface area contributed by atoms with Crippen LogP contribution in [0.1, 0.15) is 0 Å². The fraction of sp³-hybridized carbons (Fsp3) is 0. The Morgan fingerprint density at radius 2 is 1.04 bits per heavy atom. The number of aromatic nitrogens is 2. The summed E-state index contributed by atoms with van der Waals surface area (Å²) in [4.78, 5) is 10.6. The molecule has 0 fully saturated rings. The normalized spacial score (nSPS) is 11.7. The average molecular weight is 707 g/mol. The molecule has 3 aromatic heterocycles. The van der Waals surface area contributed by atoms with E-state index in [2.05, 4.69) is 164 Å². The molecule has 0 radical (unpaired) electrons. The van der Waals surface area contributed by atoms with Gasteiger partial charge in [0.1, 0.15) is 11.2 Å². The molecule has 0 spiro atoms. The molecule has 252 valence electrons. The van der Waals surface area contributed by atoms with Crippen molar-refractivity contribution in [2.75, 3.05) is 0 Å². The summed E-state index contributed by atoms with van der Waals surface area (Å²) in [5.74, 6) is 0.689. The second-order valence-electron chi connectivity index (χ2n) is 13.7. The van der Waals surface area contributed by atoms with E-state index in [0.29, 0.717) is 5.82 Å². The van der Waals surface area contributed by atoms with Gasteiger partial charge in [0.15, 0.2) is 5.82 Å². The molecule has 0 aliphatic heterocycles. The molecule has 0 unspecified atom stereocenters. The van der Waals surface area contributed by atoms with E-state index in [4.69, 9.17) is 14.4 Å². The van der Waals surface area contributed by atoms with Crippen molar-refractivity contribution in [1.82, 2.24) is 9.97 Å². The number of hydrogen-bond acceptors (Lipinski definition) is 4. The molecule has 4 heteroatoms. The number of rotatable bonds is 5. The van der Waals surface area contributed by atoms with Crippen LogP contribution < -0.4 is 0 Å². The molecule has 0 atom stereocenters. The Morgan fingerprint density at radius 3 is 1.89 bits per heavy atom. The summed E-state index contributed by atoms with van der Waals surface area (Å²) in [6, 6.07) is 64.3. The zero-order valence-electron chi connectivity index (χ0n) is 29.0. The largest absolute Gasteiger partial charge is 0.456 e. The number of furan rings is 1. The maximum absolute atomic E-state index is 6.58. The van der Waals surface area contributed by atoms with Crippen molar-refractivity contribution in [2.24, 2.45) is 0 Å². The second-order valence-corrected chi connectivity index (χ2v) is 14.8. The Kier molecular flexibility index (Phi) is 7.04. The predicted molar refractivity (Wildman–Crippen MR) is 227 cm³/mol. The predicted octanol–water partition coefficient (Wildman–Crippen LogP) is 14.2. The van der Waals surface area contributed by atoms with E-state index in [1.54, 1.807) is 11.3 Å². The van der Waals surface area contributed by atoms with Crippen molar-refractivity contribution in [3.63, 3.8) is 0 Å². The van der Waals surface area contributed by atoms with Crippen LogP contribution in [-0.2, 0) is 0 Å². The van der Waals surface area contributed by atoms with Gasteiger partial charge in [0.25, 0.3) is 0 Å². The SMILES string of the molecule is c1ccc(-c2ccc(-c3nc(-c4cccc5oc6cc(-c7ccc(-c8cccc9ccccc89)cc7)ccc6c45)nc4c3sc3ccccc34)cc2)cc1. The Bertz CT molecular complexity index is 3190. The van der Waals surface area contributed by atoms with Crippen LogP contribution in [0, 0.1) is 0 Å². The fourth-order valence-corrected chi connectivity index (χ4v) is 9.02. The van der Waals surface area contributed by atoms with E-state index < -0.39 is 0 Å². The highest BCUT2D eigenvalue weighted by molar-refractivity contribution is 7.26. The Labute approximate surface area is 315 Å². The lowest BCUT2D eigenvalue weighted by atomic mass is 9.96. The van der Waals surface area contributed by atoms with Crippen molar-refractivity contribution in [3.8, 4) is 56.0 Å². The van der Waals surface area contributed by atoms with Crippen LogP contribution in [0.15, 0.2) is 186 Å². The van der Waals surface area contributed by atoms with Crippen molar-refractivity contribution in [1.29, 1.82) is 0 Å². The molecule has 0 saturated heterocycles. The molecule has 11 aromatic rings. The van der Waals surface area contributed by atoms with Gasteiger partial charge in [-0.05, 0) is 68.4 Å². The smallest absolute Gasteiger partial charge is 0.161 e. The van der Waals surface area contributed by atoms with Crippen molar-refractivity contribution in [3.05, 3.63) is 182 Å². The van der Waals surface area contributed by atoms with Gasteiger partial charge in [0.05, 0.1) is 15.9 Å². The van der Waals surface area contributed by atoms with Gasteiger partial charge in [0.2, 0.25) is 0 Å². The van der Waals surface area contributed by atoms with Crippen LogP contribution in [-0.4, -0.2) is 9.97 Å². The Morgan fingerprint density at radius 1 is 0.407 bits per heavy atom. The van der Waals surface area contributed by atoms with Crippen molar-refractivity contribution < 1.29 is 4.42 Å². The monoisotopic (exact) mass is 706 g/mol. The van der Waals surface area contributed by atoms with Crippen LogP contribution in [0.5, 0.6) is 0 Å². The number of nitrogens with zero attached hydrogens (tertiary/aromatic N) is 2. The van der Waals surface area contributed by atoms with E-state index in [9.17, 15) is 0 Å². The first-order valence-electron chi connectivity index (χ1n) is 18.1. The number of fused-ring (bicyclic) bond motifs is 7. The third-order valence-electron chi connectivity index (χ3n) is 10.5. The highest BCUT2D eigenvalue weighted by Gasteiger charge is 2.20. The highest BCUT2D eigenvalue weighted by Crippen LogP contribution is 2.42. The van der Waals surface area contributed by atoms with Gasteiger partial charge >= 0.3 is 0 Å². The Hall–Kier alpha value is -6.88. The maximum Gasteiger partial charge on any atom is 0.161 e. The molecule has 0 N–H and O–H groups in total. The summed E-state index contributed by atoms with van der Waals surface area (Å²) in [5.41, 5.74) is 12.7. The second kappa shape index (κ2) is 12.4. The standard InChI is InChI=1S/C50H30N2OS/c1-2-10-31(11-3-1)32-22-26-36(27-23-32)47-49-48(41-15-6-7-19-45(41)54-49)52-50(51-47)42-17-9-18-43-46(42)40-29-28-37(30-44(40)53-43)33-20-24-35(25-21-33)39-16-8-13-34-12-4-5-14-38(34)39/h1-30H. The van der Waals surface area contributed by atoms with Gasteiger partial charge in [-0.3, -0.25) is 0 Å². The van der Waals surface area contributed by atoms with E-state index in [1.807, 2.05) is 18.2 Å². The molecule has 0 aliphatic carbocycles. The zero-order chi connectivity index (χ0) is 35.6. The quantitative estimate of drug-likeness (QED) is 0.179. The molecule has 0 saturated carbocycles. The molecular weight excluding hydrogens is 677 g/mol. The van der Waals surface area contributed by atoms with Gasteiger partial charge < -0.3 is 4.42 Å². The van der Waals surface area contributed by atoms with E-state index in [0.717, 1.165) is 65.5 Å². The van der Waals surface area contributed by atoms with Gasteiger partial charge in [0, 0.05) is 32.0 Å². The molecule has 3 nitrogen and oxygen atoms in total. The van der Waals surface area contributed by atoms with Crippen LogP contribution in [0.2, 0.25) is 0 Å². The summed E-state index contributed by atoms with van der Waals surface area (Å²) in [7, 11) is 0. The van der Waals surface area contributed by atoms with Crippen LogP contribution >= 0.6 is 11.3 Å². The summed E-state index contributed by atoms with van der Waals surface area (Å²) in [6.45, 7) is 0. The minimum absolute atomic E-state index is 0.689. The molecule has 3 heterocycles. The molecule has 11 rings (SSSR count). The van der Waals surface area contributed by atoms with E-state index in [-0.39, 0.29) is 0 Å². The van der Waals surface area contributed by atoms with Crippen LogP contribution in [0.4, 0.5) is 0 Å². The van der Waals surface area contributed by atoms with Crippen LogP contribution in [0.3, 0.4) is 0 Å². The summed E-state index contributed by atoms with van der Waals surface area (Å²) in [6.07, 6.45) is 0. The number of thiophene rings is 1. The first kappa shape index (κ1) is 30.7. The van der Waals surface area contributed by atoms with E-state index >= 15 is 0 Å². The summed E-state index contributed by atoms with van der Waals surface area (Å²) >= 11 is 1.75. The Balaban J connectivity index is 1.02. The summed E-state index contributed by atoms with van der Waals surface area (Å²) < 4.78 is 8.87. The zero-order valence-corrected chi connectivity index (χ0v) is 29.8. The minimum atomic E-state index is 0.689. The average Bonchev–Trinajstić information content (AvgIpc) is 3.82. The first-order chi connectivity index (χ1) is 26.7. The molecule has 0 bridgehead atoms. The first-order valence-corrected chi connectivity index (χ1v) is 19.0. The minimum Gasteiger partial charge on any atom is -0.456 e. The van der Waals surface area contributed by atoms with Gasteiger partial charge in [-0.25, -0.2) is 9.97 Å². The summed E-state index contributed by atoms with van der Waals surface area (Å²) in [5, 5.41) is 5.72. The lowest BCUT2D eigenvalue weighted by Gasteiger charge is -2.09. The fourth-order valence-electron chi connectivity index (χ4n) is 7.87. The molecule has 0 aliphatic rings. The van der Waals surface area contributed by atoms with Crippen molar-refractivity contribution in [2.45, 2.75) is 0 Å². The maximum atomic E-state index is 6.58. The third-order valence-corrected chi connectivity index (χ3v) is 11.7. The topological polar surface area (TPSA) is 38.9 Å². The highest BCUT2D eigenvalue weighted by atomic mass is 32.1. The van der Waals surface area contributed by atoms with E-state index in [1.165, 1.54) is 37.7 Å². The van der Waals surface area contributed by atoms with Crippen molar-refractivity contribution >= 4 is 64.4 Å². The molecule has 54 heavy (non-hydrogen) atoms. The molecular formula is C50H30N2OS. The lowest BCUT2D eigenvalue weighted by molar-refractivity contribution is 0.669. The number of benzene rings is 8. The number of hydrogen-bond donors (Lipinski definition) is 0. The van der Waals surface area contributed by atoms with Gasteiger partial charge in [-0.15, -0.1) is 11.3 Å². The molecule has 8 aromatic carbocycles. The third kappa shape index (κ3) is 5.03. The van der Waals surface area contributed by atoms with Crippen LogP contribution in [0.25, 0.3) is 109 Å².